The van der Waals surface area contributed by atoms with Crippen molar-refractivity contribution in [1.82, 2.24) is 0 Å². The Labute approximate surface area is 122 Å². The maximum Gasteiger partial charge on any atom is 0.307 e. The molecule has 0 heterocycles. The van der Waals surface area contributed by atoms with Crippen molar-refractivity contribution in [3.8, 4) is 0 Å². The lowest BCUT2D eigenvalue weighted by Gasteiger charge is -2.27. The fourth-order valence-electron chi connectivity index (χ4n) is 3.97. The summed E-state index contributed by atoms with van der Waals surface area (Å²) >= 11 is 0. The highest BCUT2D eigenvalue weighted by atomic mass is 19.1. The van der Waals surface area contributed by atoms with Crippen LogP contribution in [0.3, 0.4) is 0 Å². The van der Waals surface area contributed by atoms with E-state index in [4.69, 9.17) is 0 Å². The van der Waals surface area contributed by atoms with Gasteiger partial charge in [0.05, 0.1) is 11.8 Å². The Hall–Kier alpha value is -1.91. The quantitative estimate of drug-likeness (QED) is 0.900. The molecule has 1 aromatic rings. The van der Waals surface area contributed by atoms with Crippen LogP contribution in [0.5, 0.6) is 0 Å². The number of hydrogen-bond acceptors (Lipinski definition) is 2. The van der Waals surface area contributed by atoms with Gasteiger partial charge in [0, 0.05) is 5.69 Å². The van der Waals surface area contributed by atoms with Crippen LogP contribution in [-0.2, 0) is 9.59 Å². The number of anilines is 1. The summed E-state index contributed by atoms with van der Waals surface area (Å²) in [5, 5.41) is 12.1. The molecule has 2 N–H and O–H groups in total. The number of carboxylic acid groups (broad SMARTS) is 1. The van der Waals surface area contributed by atoms with Crippen molar-refractivity contribution in [2.75, 3.05) is 5.32 Å². The lowest BCUT2D eigenvalue weighted by atomic mass is 9.78. The highest BCUT2D eigenvalue weighted by Gasteiger charge is 2.53. The Morgan fingerprint density at radius 2 is 1.90 bits per heavy atom. The fraction of sp³-hybridized carbons (Fsp3) is 0.500. The summed E-state index contributed by atoms with van der Waals surface area (Å²) in [4.78, 5) is 23.9. The zero-order chi connectivity index (χ0) is 15.1. The molecular weight excluding hydrogens is 273 g/mol. The van der Waals surface area contributed by atoms with E-state index in [1.54, 1.807) is 13.0 Å². The van der Waals surface area contributed by atoms with Gasteiger partial charge in [0.15, 0.2) is 0 Å². The largest absolute Gasteiger partial charge is 0.481 e. The smallest absolute Gasteiger partial charge is 0.307 e. The van der Waals surface area contributed by atoms with Crippen molar-refractivity contribution < 1.29 is 19.1 Å². The Balaban J connectivity index is 1.81. The average molecular weight is 291 g/mol. The van der Waals surface area contributed by atoms with Crippen LogP contribution in [0.2, 0.25) is 0 Å². The molecule has 2 aliphatic carbocycles. The van der Waals surface area contributed by atoms with Crippen LogP contribution < -0.4 is 5.32 Å². The Morgan fingerprint density at radius 3 is 2.57 bits per heavy atom. The van der Waals surface area contributed by atoms with Crippen molar-refractivity contribution in [2.45, 2.75) is 26.2 Å². The highest BCUT2D eigenvalue weighted by Crippen LogP contribution is 2.52. The zero-order valence-corrected chi connectivity index (χ0v) is 11.8. The first-order valence-corrected chi connectivity index (χ1v) is 7.27. The van der Waals surface area contributed by atoms with Crippen molar-refractivity contribution in [1.29, 1.82) is 0 Å². The topological polar surface area (TPSA) is 66.4 Å². The number of aryl methyl sites for hydroxylation is 1. The number of carbonyl (C=O) groups excluding carboxylic acids is 1. The van der Waals surface area contributed by atoms with E-state index in [0.717, 1.165) is 24.8 Å². The maximum atomic E-state index is 13.3. The van der Waals surface area contributed by atoms with Crippen LogP contribution in [0.25, 0.3) is 0 Å². The van der Waals surface area contributed by atoms with Gasteiger partial charge in [-0.3, -0.25) is 9.59 Å². The van der Waals surface area contributed by atoms with Gasteiger partial charge < -0.3 is 10.4 Å². The third-order valence-corrected chi connectivity index (χ3v) is 4.96. The molecule has 4 atom stereocenters. The summed E-state index contributed by atoms with van der Waals surface area (Å²) < 4.78 is 13.3. The van der Waals surface area contributed by atoms with Gasteiger partial charge in [0.25, 0.3) is 0 Å². The third-order valence-electron chi connectivity index (χ3n) is 4.96. The van der Waals surface area contributed by atoms with Gasteiger partial charge in [-0.05, 0) is 55.7 Å². The number of carbonyl (C=O) groups is 2. The minimum Gasteiger partial charge on any atom is -0.481 e. The Kier molecular flexibility index (Phi) is 3.43. The second-order valence-corrected chi connectivity index (χ2v) is 6.17. The summed E-state index contributed by atoms with van der Waals surface area (Å²) in [7, 11) is 0. The molecule has 0 aromatic heterocycles. The minimum absolute atomic E-state index is 0.108. The Morgan fingerprint density at radius 1 is 1.24 bits per heavy atom. The predicted molar refractivity (Wildman–Crippen MR) is 75.2 cm³/mol. The summed E-state index contributed by atoms with van der Waals surface area (Å²) in [5.41, 5.74) is 1.19. The molecule has 0 unspecified atom stereocenters. The van der Waals surface area contributed by atoms with Crippen LogP contribution in [0.4, 0.5) is 10.1 Å². The van der Waals surface area contributed by atoms with Gasteiger partial charge in [-0.2, -0.15) is 0 Å². The molecule has 112 valence electrons. The molecular formula is C16H18FNO3. The first-order valence-electron chi connectivity index (χ1n) is 7.27. The second kappa shape index (κ2) is 5.13. The molecule has 3 rings (SSSR count). The van der Waals surface area contributed by atoms with E-state index < -0.39 is 23.6 Å². The highest BCUT2D eigenvalue weighted by molar-refractivity contribution is 5.96. The molecule has 21 heavy (non-hydrogen) atoms. The number of halogens is 1. The van der Waals surface area contributed by atoms with Gasteiger partial charge in [-0.25, -0.2) is 4.39 Å². The van der Waals surface area contributed by atoms with Crippen LogP contribution in [0, 0.1) is 36.4 Å². The van der Waals surface area contributed by atoms with Gasteiger partial charge in [0.2, 0.25) is 5.91 Å². The van der Waals surface area contributed by atoms with Gasteiger partial charge in [-0.15, -0.1) is 0 Å². The number of amides is 1. The summed E-state index contributed by atoms with van der Waals surface area (Å²) in [6.07, 6.45) is 2.62. The molecule has 2 saturated carbocycles. The molecule has 0 radical (unpaired) electrons. The van der Waals surface area contributed by atoms with Crippen LogP contribution in [0.15, 0.2) is 18.2 Å². The number of rotatable bonds is 3. The summed E-state index contributed by atoms with van der Waals surface area (Å²) in [6, 6.07) is 4.21. The first kappa shape index (κ1) is 14.0. The first-order chi connectivity index (χ1) is 9.97. The zero-order valence-electron chi connectivity index (χ0n) is 11.8. The predicted octanol–water partition coefficient (Wildman–Crippen LogP) is 2.82. The minimum atomic E-state index is -0.890. The van der Waals surface area contributed by atoms with Crippen LogP contribution >= 0.6 is 0 Å². The van der Waals surface area contributed by atoms with Crippen LogP contribution in [0.1, 0.15) is 24.8 Å². The van der Waals surface area contributed by atoms with E-state index >= 15 is 0 Å². The number of carboxylic acids is 1. The summed E-state index contributed by atoms with van der Waals surface area (Å²) in [6.45, 7) is 1.78. The lowest BCUT2D eigenvalue weighted by Crippen LogP contribution is -2.38. The molecule has 4 nitrogen and oxygen atoms in total. The molecule has 1 aromatic carbocycles. The fourth-order valence-corrected chi connectivity index (χ4v) is 3.97. The molecule has 2 aliphatic rings. The van der Waals surface area contributed by atoms with Crippen molar-refractivity contribution in [3.63, 3.8) is 0 Å². The third kappa shape index (κ3) is 2.41. The van der Waals surface area contributed by atoms with Crippen molar-refractivity contribution >= 4 is 17.6 Å². The monoisotopic (exact) mass is 291 g/mol. The SMILES string of the molecule is Cc1ccc(F)cc1NC(=O)[C@H]1[C@@H]2CC[C@@H](C2)[C@@H]1C(=O)O. The van der Waals surface area contributed by atoms with E-state index in [-0.39, 0.29) is 17.7 Å². The van der Waals surface area contributed by atoms with Crippen LogP contribution in [-0.4, -0.2) is 17.0 Å². The van der Waals surface area contributed by atoms with Crippen molar-refractivity contribution in [2.24, 2.45) is 23.7 Å². The number of benzene rings is 1. The maximum absolute atomic E-state index is 13.3. The number of nitrogens with one attached hydrogen (secondary N) is 1. The van der Waals surface area contributed by atoms with E-state index in [2.05, 4.69) is 5.32 Å². The normalized spacial score (nSPS) is 30.4. The summed E-state index contributed by atoms with van der Waals surface area (Å²) in [5.74, 6) is -2.44. The lowest BCUT2D eigenvalue weighted by molar-refractivity contribution is -0.148. The van der Waals surface area contributed by atoms with Crippen molar-refractivity contribution in [3.05, 3.63) is 29.6 Å². The molecule has 2 fully saturated rings. The van der Waals surface area contributed by atoms with E-state index in [0.29, 0.717) is 5.69 Å². The van der Waals surface area contributed by atoms with Gasteiger partial charge in [0.1, 0.15) is 5.82 Å². The number of fused-ring (bicyclic) bond motifs is 2. The van der Waals surface area contributed by atoms with E-state index in [1.807, 2.05) is 0 Å². The molecule has 5 heteroatoms. The van der Waals surface area contributed by atoms with Gasteiger partial charge in [-0.1, -0.05) is 6.07 Å². The number of hydrogen-bond donors (Lipinski definition) is 2. The standard InChI is InChI=1S/C16H18FNO3/c1-8-2-5-11(17)7-12(8)18-15(19)13-9-3-4-10(6-9)14(13)16(20)21/h2,5,7,9-10,13-14H,3-4,6H2,1H3,(H,18,19)(H,20,21)/t9-,10+,13+,14+/m1/s1. The average Bonchev–Trinajstić information content (AvgIpc) is 3.03. The van der Waals surface area contributed by atoms with E-state index in [1.165, 1.54) is 12.1 Å². The van der Waals surface area contributed by atoms with E-state index in [9.17, 15) is 19.1 Å². The molecule has 0 aliphatic heterocycles. The molecule has 2 bridgehead atoms. The molecule has 0 saturated heterocycles. The molecule has 1 amide bonds. The molecule has 0 spiro atoms. The Bertz CT molecular complexity index is 601. The van der Waals surface area contributed by atoms with Gasteiger partial charge >= 0.3 is 5.97 Å². The second-order valence-electron chi connectivity index (χ2n) is 6.17. The number of aliphatic carboxylic acids is 1.